The second kappa shape index (κ2) is 26.5. The second-order valence-electron chi connectivity index (χ2n) is 13.0. The molecule has 2 aromatic carbocycles. The molecule has 0 radical (unpaired) electrons. The standard InChI is InChI=1S/C48H46O6Si2.17H2/c1-8-11-13-14-15-16-17-18-19-20-21-22-23-24-25-26-36-50-38-40-52-46-32-28-44(29-33-46)48(49,10-3)45-30-34-47(35-31-45)53-41-39-51-37-27-43-56(6,7)54-55(4,5)42-12-9-2;;;;;;;;;;;;;;;;;/h1,3,28-35,49H,9,12,27,37-43H2,2,4-7H3;17*1H. The van der Waals surface area contributed by atoms with Crippen LogP contribution >= 0.6 is 0 Å². The van der Waals surface area contributed by atoms with E-state index in [-0.39, 0.29) is 37.5 Å². The summed E-state index contributed by atoms with van der Waals surface area (Å²) in [7, 11) is -3.29. The van der Waals surface area contributed by atoms with Crippen LogP contribution in [0, 0.1) is 120 Å². The van der Waals surface area contributed by atoms with Crippen LogP contribution in [0.1, 0.15) is 61.6 Å². The van der Waals surface area contributed by atoms with E-state index in [9.17, 15) is 5.11 Å². The molecule has 0 aliphatic rings. The number of hydrogen-bond acceptors (Lipinski definition) is 6. The average Bonchev–Trinajstić information content (AvgIpc) is 3.18. The predicted octanol–water partition coefficient (Wildman–Crippen LogP) is 10.8. The van der Waals surface area contributed by atoms with Crippen LogP contribution in [0.4, 0.5) is 0 Å². The fraction of sp³-hybridized carbons (Fsp3) is 0.333. The Hall–Kier alpha value is -6.25. The first-order chi connectivity index (χ1) is 27.0. The first-order valence-corrected chi connectivity index (χ1v) is 24.3. The number of unbranched alkanes of at least 4 members (excludes halogenated alkanes) is 1. The van der Waals surface area contributed by atoms with E-state index in [1.807, 2.05) is 0 Å². The topological polar surface area (TPSA) is 66.4 Å². The van der Waals surface area contributed by atoms with Gasteiger partial charge in [-0.2, -0.15) is 0 Å². The Kier molecular flexibility index (Phi) is 21.7. The number of hydrogen-bond donors (Lipinski definition) is 1. The summed E-state index contributed by atoms with van der Waals surface area (Å²) < 4.78 is 29.3. The van der Waals surface area contributed by atoms with Crippen molar-refractivity contribution in [1.82, 2.24) is 0 Å². The van der Waals surface area contributed by atoms with Crippen LogP contribution < -0.4 is 9.47 Å². The van der Waals surface area contributed by atoms with Gasteiger partial charge < -0.3 is 28.2 Å². The van der Waals surface area contributed by atoms with Crippen molar-refractivity contribution in [3.05, 3.63) is 59.7 Å². The largest absolute Gasteiger partial charge is 0.491 e. The fourth-order valence-corrected chi connectivity index (χ4v) is 14.0. The third kappa shape index (κ3) is 19.7. The van der Waals surface area contributed by atoms with Crippen LogP contribution in [-0.2, 0) is 19.2 Å². The van der Waals surface area contributed by atoms with Crippen LogP contribution in [0.3, 0.4) is 0 Å². The molecule has 1 atom stereocenters. The first kappa shape index (κ1) is 45.9. The van der Waals surface area contributed by atoms with Crippen molar-refractivity contribution < 1.29 is 52.4 Å². The van der Waals surface area contributed by atoms with E-state index >= 15 is 0 Å². The molecule has 316 valence electrons. The maximum absolute atomic E-state index is 11.4. The van der Waals surface area contributed by atoms with Crippen molar-refractivity contribution in [2.24, 2.45) is 0 Å². The van der Waals surface area contributed by atoms with Crippen molar-refractivity contribution in [2.75, 3.05) is 33.0 Å². The Bertz CT molecular complexity index is 2240. The second-order valence-corrected chi connectivity index (χ2v) is 21.9. The van der Waals surface area contributed by atoms with Gasteiger partial charge in [0.25, 0.3) is 0 Å². The van der Waals surface area contributed by atoms with E-state index in [0.29, 0.717) is 42.4 Å². The molecule has 0 amide bonds. The molecule has 0 aliphatic carbocycles. The molecule has 0 spiro atoms. The molecule has 2 rings (SSSR count). The number of rotatable bonds is 19. The summed E-state index contributed by atoms with van der Waals surface area (Å²) in [6, 6.07) is 16.3. The summed E-state index contributed by atoms with van der Waals surface area (Å²) >= 11 is 0. The SMILES string of the molecule is C#CC#CC#CC#CC#CC#CC#CC#CC#COCCOc1ccc(C(O)(C#C)c2ccc(OCCOCCC[Si](C)(C)O[Si](C)(C)CCCC)cc2)cc1.[HH].[HH].[HH].[HH].[HH].[HH].[HH].[HH].[HH].[HH].[HH].[HH].[HH].[HH].[HH].[HH].[HH]. The van der Waals surface area contributed by atoms with Crippen LogP contribution in [0.5, 0.6) is 11.5 Å². The van der Waals surface area contributed by atoms with E-state index in [1.165, 1.54) is 18.9 Å². The van der Waals surface area contributed by atoms with E-state index in [2.05, 4.69) is 140 Å². The lowest BCUT2D eigenvalue weighted by molar-refractivity contribution is 0.100. The van der Waals surface area contributed by atoms with Gasteiger partial charge in [0.2, 0.25) is 0 Å². The molecule has 8 heteroatoms. The van der Waals surface area contributed by atoms with Gasteiger partial charge in [0, 0.05) is 89.4 Å². The van der Waals surface area contributed by atoms with Crippen molar-refractivity contribution >= 4 is 16.6 Å². The molecular weight excluding hydrogens is 729 g/mol. The zero-order valence-electron chi connectivity index (χ0n) is 32.8. The molecule has 0 saturated carbocycles. The summed E-state index contributed by atoms with van der Waals surface area (Å²) in [5, 5.41) is 11.4. The first-order valence-electron chi connectivity index (χ1n) is 18.1. The molecule has 0 aromatic heterocycles. The summed E-state index contributed by atoms with van der Waals surface area (Å²) in [6.07, 6.45) is 16.7. The van der Waals surface area contributed by atoms with Crippen molar-refractivity contribution in [3.8, 4) is 131 Å². The van der Waals surface area contributed by atoms with Gasteiger partial charge in [0.1, 0.15) is 37.4 Å². The van der Waals surface area contributed by atoms with Gasteiger partial charge in [0.05, 0.1) is 6.61 Å². The molecular formula is C48H80O6Si2. The average molecular weight is 809 g/mol. The molecule has 0 saturated heterocycles. The van der Waals surface area contributed by atoms with Gasteiger partial charge in [-0.05, 0) is 116 Å². The molecule has 1 N–H and O–H groups in total. The van der Waals surface area contributed by atoms with Gasteiger partial charge in [-0.1, -0.05) is 50.0 Å². The van der Waals surface area contributed by atoms with Crippen molar-refractivity contribution in [1.29, 1.82) is 0 Å². The minimum absolute atomic E-state index is 0. The van der Waals surface area contributed by atoms with E-state index in [4.69, 9.17) is 35.9 Å². The molecule has 0 aliphatic heterocycles. The highest BCUT2D eigenvalue weighted by molar-refractivity contribution is 6.84. The van der Waals surface area contributed by atoms with Crippen molar-refractivity contribution in [3.63, 3.8) is 0 Å². The van der Waals surface area contributed by atoms with E-state index < -0.39 is 22.2 Å². The highest BCUT2D eigenvalue weighted by Crippen LogP contribution is 2.31. The third-order valence-electron chi connectivity index (χ3n) is 7.53. The minimum atomic E-state index is -1.70. The monoisotopic (exact) mass is 809 g/mol. The highest BCUT2D eigenvalue weighted by atomic mass is 28.4. The van der Waals surface area contributed by atoms with Crippen LogP contribution in [0.15, 0.2) is 48.5 Å². The lowest BCUT2D eigenvalue weighted by Crippen LogP contribution is -2.44. The molecule has 0 heterocycles. The van der Waals surface area contributed by atoms with Crippen LogP contribution in [-0.4, -0.2) is 54.8 Å². The van der Waals surface area contributed by atoms with E-state index in [0.717, 1.165) is 12.5 Å². The zero-order valence-corrected chi connectivity index (χ0v) is 34.8. The van der Waals surface area contributed by atoms with E-state index in [1.54, 1.807) is 48.5 Å². The van der Waals surface area contributed by atoms with Gasteiger partial charge in [0.15, 0.2) is 22.2 Å². The lowest BCUT2D eigenvalue weighted by atomic mass is 9.87. The highest BCUT2D eigenvalue weighted by Gasteiger charge is 2.32. The van der Waals surface area contributed by atoms with Crippen LogP contribution in [0.25, 0.3) is 0 Å². The molecule has 0 bridgehead atoms. The van der Waals surface area contributed by atoms with Crippen LogP contribution in [0.2, 0.25) is 38.3 Å². The Balaban J connectivity index is -0.000000137. The molecule has 0 fully saturated rings. The maximum atomic E-state index is 11.4. The third-order valence-corrected chi connectivity index (χ3v) is 15.1. The number of aliphatic hydroxyl groups is 1. The number of benzene rings is 2. The van der Waals surface area contributed by atoms with Gasteiger partial charge in [-0.3, -0.25) is 0 Å². The summed E-state index contributed by atoms with van der Waals surface area (Å²) in [6.45, 7) is 13.6. The minimum Gasteiger partial charge on any atom is -0.491 e. The Morgan fingerprint density at radius 1 is 0.571 bits per heavy atom. The summed E-state index contributed by atoms with van der Waals surface area (Å²) in [4.78, 5) is 0. The Morgan fingerprint density at radius 2 is 1.00 bits per heavy atom. The lowest BCUT2D eigenvalue weighted by Gasteiger charge is -2.34. The normalized spacial score (nSPS) is 10.5. The Morgan fingerprint density at radius 3 is 1.45 bits per heavy atom. The number of terminal acetylenes is 2. The predicted molar refractivity (Wildman–Crippen MR) is 265 cm³/mol. The van der Waals surface area contributed by atoms with Gasteiger partial charge in [-0.25, -0.2) is 0 Å². The van der Waals surface area contributed by atoms with Gasteiger partial charge >= 0.3 is 0 Å². The smallest absolute Gasteiger partial charge is 0.176 e. The summed E-state index contributed by atoms with van der Waals surface area (Å²) in [5.41, 5.74) is -0.562. The van der Waals surface area contributed by atoms with Crippen molar-refractivity contribution in [2.45, 2.75) is 70.1 Å². The van der Waals surface area contributed by atoms with Gasteiger partial charge in [-0.15, -0.1) is 12.8 Å². The quantitative estimate of drug-likeness (QED) is 0.0866. The molecule has 6 nitrogen and oxygen atoms in total. The number of ether oxygens (including phenoxy) is 4. The zero-order chi connectivity index (χ0) is 40.8. The molecule has 2 aromatic rings. The maximum Gasteiger partial charge on any atom is 0.176 e. The fourth-order valence-electron chi connectivity index (χ4n) is 5.05. The Labute approximate surface area is 362 Å². The molecule has 1 unspecified atom stereocenters. The summed E-state index contributed by atoms with van der Waals surface area (Å²) in [5.74, 6) is 43.3. The molecule has 56 heavy (non-hydrogen) atoms.